The van der Waals surface area contributed by atoms with Crippen LogP contribution in [0.4, 0.5) is 0 Å². The number of amides is 2. The maximum atomic E-state index is 12.2. The van der Waals surface area contributed by atoms with Crippen LogP contribution >= 0.6 is 23.4 Å². The normalized spacial score (nSPS) is 16.9. The summed E-state index contributed by atoms with van der Waals surface area (Å²) in [5.74, 6) is 0.283. The number of pyridine rings is 1. The van der Waals surface area contributed by atoms with E-state index in [1.807, 2.05) is 36.4 Å². The summed E-state index contributed by atoms with van der Waals surface area (Å²) in [6.07, 6.45) is 3.72. The van der Waals surface area contributed by atoms with Crippen molar-refractivity contribution in [3.8, 4) is 0 Å². The Morgan fingerprint density at radius 3 is 2.80 bits per heavy atom. The molecule has 0 spiro atoms. The molecular weight excluding hydrogens is 358 g/mol. The lowest BCUT2D eigenvalue weighted by molar-refractivity contribution is -0.128. The van der Waals surface area contributed by atoms with Gasteiger partial charge in [-0.1, -0.05) is 29.8 Å². The minimum absolute atomic E-state index is 0.0343. The molecule has 1 aliphatic heterocycles. The van der Waals surface area contributed by atoms with E-state index in [2.05, 4.69) is 10.3 Å². The molecule has 2 heterocycles. The highest BCUT2D eigenvalue weighted by Crippen LogP contribution is 2.21. The fourth-order valence-corrected chi connectivity index (χ4v) is 3.60. The standard InChI is InChI=1S/C18H18ClN3O2S/c19-16-4-2-1-3-13(16)10-22-11-14(9-18(22)24)21-17(23)12-25-15-5-7-20-8-6-15/h1-8,14H,9-12H2,(H,21,23)/t14-/m0/s1. The second-order valence-corrected chi connectivity index (χ2v) is 7.26. The first-order valence-corrected chi connectivity index (χ1v) is 9.31. The Labute approximate surface area is 155 Å². The van der Waals surface area contributed by atoms with Crippen molar-refractivity contribution < 1.29 is 9.59 Å². The summed E-state index contributed by atoms with van der Waals surface area (Å²) in [6.45, 7) is 0.979. The molecule has 0 saturated carbocycles. The van der Waals surface area contributed by atoms with Crippen LogP contribution in [0.25, 0.3) is 0 Å². The third kappa shape index (κ3) is 4.96. The van der Waals surface area contributed by atoms with Crippen LogP contribution in [0.1, 0.15) is 12.0 Å². The molecule has 2 amide bonds. The predicted molar refractivity (Wildman–Crippen MR) is 98.4 cm³/mol. The summed E-state index contributed by atoms with van der Waals surface area (Å²) in [5, 5.41) is 3.59. The van der Waals surface area contributed by atoms with E-state index < -0.39 is 0 Å². The molecule has 25 heavy (non-hydrogen) atoms. The summed E-state index contributed by atoms with van der Waals surface area (Å²) >= 11 is 7.61. The molecule has 1 aromatic carbocycles. The van der Waals surface area contributed by atoms with Gasteiger partial charge < -0.3 is 10.2 Å². The molecule has 2 aromatic rings. The van der Waals surface area contributed by atoms with Crippen molar-refractivity contribution in [3.63, 3.8) is 0 Å². The number of carbonyl (C=O) groups excluding carboxylic acids is 2. The number of rotatable bonds is 6. The summed E-state index contributed by atoms with van der Waals surface area (Å²) < 4.78 is 0. The number of nitrogens with zero attached hydrogens (tertiary/aromatic N) is 2. The number of benzene rings is 1. The van der Waals surface area contributed by atoms with E-state index in [-0.39, 0.29) is 17.9 Å². The molecule has 1 aliphatic rings. The van der Waals surface area contributed by atoms with Gasteiger partial charge in [-0.05, 0) is 23.8 Å². The molecule has 0 bridgehead atoms. The lowest BCUT2D eigenvalue weighted by Gasteiger charge is -2.18. The van der Waals surface area contributed by atoms with Gasteiger partial charge in [0.2, 0.25) is 11.8 Å². The smallest absolute Gasteiger partial charge is 0.230 e. The van der Waals surface area contributed by atoms with Gasteiger partial charge in [0.1, 0.15) is 0 Å². The molecule has 1 N–H and O–H groups in total. The fourth-order valence-electron chi connectivity index (χ4n) is 2.71. The van der Waals surface area contributed by atoms with Crippen LogP contribution < -0.4 is 5.32 Å². The number of nitrogens with one attached hydrogen (secondary N) is 1. The van der Waals surface area contributed by atoms with Gasteiger partial charge in [0, 0.05) is 41.8 Å². The molecule has 1 fully saturated rings. The molecule has 0 radical (unpaired) electrons. The van der Waals surface area contributed by atoms with Crippen molar-refractivity contribution in [1.29, 1.82) is 0 Å². The molecule has 1 atom stereocenters. The van der Waals surface area contributed by atoms with Gasteiger partial charge >= 0.3 is 0 Å². The molecule has 1 saturated heterocycles. The Bertz CT molecular complexity index is 757. The van der Waals surface area contributed by atoms with Crippen molar-refractivity contribution in [1.82, 2.24) is 15.2 Å². The largest absolute Gasteiger partial charge is 0.350 e. The summed E-state index contributed by atoms with van der Waals surface area (Å²) in [6, 6.07) is 11.1. The van der Waals surface area contributed by atoms with Crippen molar-refractivity contribution in [2.24, 2.45) is 0 Å². The van der Waals surface area contributed by atoms with Crippen LogP contribution in [-0.2, 0) is 16.1 Å². The van der Waals surface area contributed by atoms with Gasteiger partial charge in [-0.2, -0.15) is 0 Å². The van der Waals surface area contributed by atoms with Gasteiger partial charge in [0.15, 0.2) is 0 Å². The molecule has 0 aliphatic carbocycles. The summed E-state index contributed by atoms with van der Waals surface area (Å²) in [5.41, 5.74) is 0.915. The number of aromatic nitrogens is 1. The lowest BCUT2D eigenvalue weighted by Crippen LogP contribution is -2.38. The van der Waals surface area contributed by atoms with E-state index in [1.165, 1.54) is 11.8 Å². The maximum absolute atomic E-state index is 12.2. The maximum Gasteiger partial charge on any atom is 0.230 e. The minimum atomic E-state index is -0.152. The average Bonchev–Trinajstić information content (AvgIpc) is 2.95. The van der Waals surface area contributed by atoms with Crippen LogP contribution in [0, 0.1) is 0 Å². The number of hydrogen-bond donors (Lipinski definition) is 1. The first-order chi connectivity index (χ1) is 12.1. The highest BCUT2D eigenvalue weighted by molar-refractivity contribution is 8.00. The van der Waals surface area contributed by atoms with E-state index in [0.717, 1.165) is 10.5 Å². The third-order valence-electron chi connectivity index (χ3n) is 3.92. The van der Waals surface area contributed by atoms with Crippen LogP contribution in [0.15, 0.2) is 53.7 Å². The highest BCUT2D eigenvalue weighted by Gasteiger charge is 2.30. The highest BCUT2D eigenvalue weighted by atomic mass is 35.5. The van der Waals surface area contributed by atoms with Crippen LogP contribution in [0.3, 0.4) is 0 Å². The third-order valence-corrected chi connectivity index (χ3v) is 5.30. The quantitative estimate of drug-likeness (QED) is 0.788. The number of carbonyl (C=O) groups is 2. The Hall–Kier alpha value is -2.05. The monoisotopic (exact) mass is 375 g/mol. The van der Waals surface area contributed by atoms with E-state index in [1.54, 1.807) is 17.3 Å². The summed E-state index contributed by atoms with van der Waals surface area (Å²) in [4.78, 5) is 31.0. The van der Waals surface area contributed by atoms with E-state index in [0.29, 0.717) is 30.3 Å². The number of likely N-dealkylation sites (tertiary alicyclic amines) is 1. The Morgan fingerprint density at radius 1 is 1.28 bits per heavy atom. The van der Waals surface area contributed by atoms with Gasteiger partial charge in [-0.25, -0.2) is 0 Å². The number of hydrogen-bond acceptors (Lipinski definition) is 4. The van der Waals surface area contributed by atoms with Crippen molar-refractivity contribution in [3.05, 3.63) is 59.4 Å². The first-order valence-electron chi connectivity index (χ1n) is 7.95. The van der Waals surface area contributed by atoms with E-state index in [4.69, 9.17) is 11.6 Å². The zero-order valence-electron chi connectivity index (χ0n) is 13.5. The molecule has 1 aromatic heterocycles. The number of halogens is 1. The summed E-state index contributed by atoms with van der Waals surface area (Å²) in [7, 11) is 0. The molecule has 130 valence electrons. The molecule has 5 nitrogen and oxygen atoms in total. The van der Waals surface area contributed by atoms with Crippen LogP contribution in [-0.4, -0.2) is 40.0 Å². The SMILES string of the molecule is O=C(CSc1ccncc1)N[C@H]1CC(=O)N(Cc2ccccc2Cl)C1. The van der Waals surface area contributed by atoms with Gasteiger partial charge in [0.05, 0.1) is 11.8 Å². The van der Waals surface area contributed by atoms with Crippen molar-refractivity contribution in [2.75, 3.05) is 12.3 Å². The van der Waals surface area contributed by atoms with E-state index >= 15 is 0 Å². The number of thioether (sulfide) groups is 1. The predicted octanol–water partition coefficient (Wildman–Crippen LogP) is 2.74. The second kappa shape index (κ2) is 8.36. The average molecular weight is 376 g/mol. The Balaban J connectivity index is 1.49. The van der Waals surface area contributed by atoms with Crippen molar-refractivity contribution >= 4 is 35.2 Å². The van der Waals surface area contributed by atoms with Gasteiger partial charge in [-0.15, -0.1) is 11.8 Å². The van der Waals surface area contributed by atoms with Crippen LogP contribution in [0.5, 0.6) is 0 Å². The first kappa shape index (κ1) is 17.8. The van der Waals surface area contributed by atoms with Crippen molar-refractivity contribution in [2.45, 2.75) is 23.9 Å². The minimum Gasteiger partial charge on any atom is -0.350 e. The molecular formula is C18H18ClN3O2S. The Morgan fingerprint density at radius 2 is 2.04 bits per heavy atom. The second-order valence-electron chi connectivity index (χ2n) is 5.81. The zero-order chi connectivity index (χ0) is 17.6. The van der Waals surface area contributed by atoms with Crippen LogP contribution in [0.2, 0.25) is 5.02 Å². The van der Waals surface area contributed by atoms with E-state index in [9.17, 15) is 9.59 Å². The fraction of sp³-hybridized carbons (Fsp3) is 0.278. The molecule has 7 heteroatoms. The Kier molecular flexibility index (Phi) is 5.94. The lowest BCUT2D eigenvalue weighted by atomic mass is 10.2. The van der Waals surface area contributed by atoms with Gasteiger partial charge in [-0.3, -0.25) is 14.6 Å². The molecule has 3 rings (SSSR count). The zero-order valence-corrected chi connectivity index (χ0v) is 15.1. The topological polar surface area (TPSA) is 62.3 Å². The van der Waals surface area contributed by atoms with Gasteiger partial charge in [0.25, 0.3) is 0 Å². The molecule has 0 unspecified atom stereocenters.